The van der Waals surface area contributed by atoms with E-state index in [4.69, 9.17) is 14.2 Å². The average Bonchev–Trinajstić information content (AvgIpc) is 3.05. The molecule has 252 valence electrons. The van der Waals surface area contributed by atoms with Crippen molar-refractivity contribution in [1.29, 1.82) is 0 Å². The highest BCUT2D eigenvalue weighted by Gasteiger charge is 2.14. The van der Waals surface area contributed by atoms with Crippen molar-refractivity contribution in [2.75, 3.05) is 13.2 Å². The van der Waals surface area contributed by atoms with Gasteiger partial charge < -0.3 is 14.2 Å². The van der Waals surface area contributed by atoms with Crippen LogP contribution in [-0.2, 0) is 6.61 Å². The van der Waals surface area contributed by atoms with Crippen molar-refractivity contribution in [3.05, 3.63) is 57.6 Å². The van der Waals surface area contributed by atoms with Gasteiger partial charge in [0.15, 0.2) is 6.29 Å². The largest absolute Gasteiger partial charge is 0.493 e. The summed E-state index contributed by atoms with van der Waals surface area (Å²) in [5.74, 6) is 1.90. The second-order valence-corrected chi connectivity index (χ2v) is 12.3. The average molecular weight is 626 g/mol. The summed E-state index contributed by atoms with van der Waals surface area (Å²) >= 11 is 0. The van der Waals surface area contributed by atoms with Gasteiger partial charge in [-0.3, -0.25) is 14.9 Å². The first-order chi connectivity index (χ1) is 22.1. The summed E-state index contributed by atoms with van der Waals surface area (Å²) in [7, 11) is 0. The first-order valence-corrected chi connectivity index (χ1v) is 17.8. The fraction of sp³-hybridized carbons (Fsp3) is 0.658. The number of aldehydes is 1. The van der Waals surface area contributed by atoms with Gasteiger partial charge in [0.2, 0.25) is 0 Å². The van der Waals surface area contributed by atoms with Crippen LogP contribution in [0.2, 0.25) is 0 Å². The summed E-state index contributed by atoms with van der Waals surface area (Å²) in [6, 6.07) is 10.1. The fourth-order valence-electron chi connectivity index (χ4n) is 5.49. The van der Waals surface area contributed by atoms with Crippen molar-refractivity contribution in [3.63, 3.8) is 0 Å². The molecule has 7 heteroatoms. The summed E-state index contributed by atoms with van der Waals surface area (Å²) in [4.78, 5) is 21.9. The zero-order valence-electron chi connectivity index (χ0n) is 28.2. The molecule has 0 atom stereocenters. The molecule has 0 amide bonds. The third kappa shape index (κ3) is 17.8. The normalized spacial score (nSPS) is 11.0. The Morgan fingerprint density at radius 2 is 1.02 bits per heavy atom. The maximum absolute atomic E-state index is 11.3. The van der Waals surface area contributed by atoms with E-state index in [1.807, 2.05) is 18.2 Å². The van der Waals surface area contributed by atoms with Gasteiger partial charge in [-0.1, -0.05) is 129 Å². The molecule has 0 unspecified atom stereocenters. The number of nitro benzene ring substituents is 1. The third-order valence-corrected chi connectivity index (χ3v) is 8.20. The van der Waals surface area contributed by atoms with Crippen molar-refractivity contribution in [3.8, 4) is 17.2 Å². The Hall–Kier alpha value is -3.09. The predicted molar refractivity (Wildman–Crippen MR) is 184 cm³/mol. The molecule has 0 bridgehead atoms. The van der Waals surface area contributed by atoms with E-state index >= 15 is 0 Å². The van der Waals surface area contributed by atoms with Crippen molar-refractivity contribution < 1.29 is 23.9 Å². The fourth-order valence-corrected chi connectivity index (χ4v) is 5.49. The monoisotopic (exact) mass is 625 g/mol. The number of ether oxygens (including phenoxy) is 3. The van der Waals surface area contributed by atoms with Crippen LogP contribution in [0, 0.1) is 10.1 Å². The van der Waals surface area contributed by atoms with E-state index in [2.05, 4.69) is 13.8 Å². The number of carbonyl (C=O) groups excluding carboxylic acids is 1. The molecular weight excluding hydrogens is 566 g/mol. The lowest BCUT2D eigenvalue weighted by Crippen LogP contribution is -2.03. The Morgan fingerprint density at radius 3 is 1.44 bits per heavy atom. The zero-order valence-corrected chi connectivity index (χ0v) is 28.2. The van der Waals surface area contributed by atoms with Gasteiger partial charge in [0, 0.05) is 12.1 Å². The Labute approximate surface area is 272 Å². The molecular formula is C38H59NO6. The van der Waals surface area contributed by atoms with Gasteiger partial charge in [0.05, 0.1) is 23.7 Å². The van der Waals surface area contributed by atoms with Crippen molar-refractivity contribution >= 4 is 12.0 Å². The minimum Gasteiger partial charge on any atom is -0.493 e. The van der Waals surface area contributed by atoms with E-state index in [1.54, 1.807) is 0 Å². The lowest BCUT2D eigenvalue weighted by atomic mass is 10.1. The van der Waals surface area contributed by atoms with Gasteiger partial charge in [0.1, 0.15) is 23.9 Å². The van der Waals surface area contributed by atoms with Crippen LogP contribution in [0.25, 0.3) is 0 Å². The number of nitro groups is 1. The maximum Gasteiger partial charge on any atom is 0.280 e. The minimum atomic E-state index is -0.568. The quantitative estimate of drug-likeness (QED) is 0.0387. The Bertz CT molecular complexity index is 1030. The van der Waals surface area contributed by atoms with E-state index in [1.165, 1.54) is 134 Å². The number of hydrogen-bond donors (Lipinski definition) is 0. The lowest BCUT2D eigenvalue weighted by molar-refractivity contribution is -0.385. The molecule has 0 fully saturated rings. The van der Waals surface area contributed by atoms with Gasteiger partial charge in [-0.05, 0) is 42.7 Å². The van der Waals surface area contributed by atoms with Crippen LogP contribution < -0.4 is 14.2 Å². The number of unbranched alkanes of at least 4 members (excludes halogenated alkanes) is 18. The molecule has 0 radical (unpaired) electrons. The van der Waals surface area contributed by atoms with Gasteiger partial charge in [-0.25, -0.2) is 0 Å². The highest BCUT2D eigenvalue weighted by Crippen LogP contribution is 2.27. The highest BCUT2D eigenvalue weighted by atomic mass is 16.6. The number of carbonyl (C=O) groups is 1. The Balaban J connectivity index is 1.84. The summed E-state index contributed by atoms with van der Waals surface area (Å²) in [5.41, 5.74) is 0.633. The molecule has 0 aliphatic heterocycles. The smallest absolute Gasteiger partial charge is 0.280 e. The Kier molecular flexibility index (Phi) is 21.3. The molecule has 2 aromatic rings. The van der Waals surface area contributed by atoms with Crippen molar-refractivity contribution in [2.24, 2.45) is 0 Å². The summed E-state index contributed by atoms with van der Waals surface area (Å²) < 4.78 is 18.2. The predicted octanol–water partition coefficient (Wildman–Crippen LogP) is 11.6. The van der Waals surface area contributed by atoms with Gasteiger partial charge in [-0.2, -0.15) is 0 Å². The molecule has 0 aliphatic carbocycles. The standard InChI is InChI=1S/C38H59NO6/c1-3-5-7-9-11-13-15-17-19-21-25-43-36-27-33(32-45-35-23-24-38(39(41)42)34(29-35)31-40)28-37(30-36)44-26-22-20-18-16-14-12-10-8-6-4-2/h23-24,27-31H,3-22,25-26,32H2,1-2H3. The van der Waals surface area contributed by atoms with Crippen LogP contribution >= 0.6 is 0 Å². The van der Waals surface area contributed by atoms with E-state index in [-0.39, 0.29) is 17.9 Å². The lowest BCUT2D eigenvalue weighted by Gasteiger charge is -2.14. The van der Waals surface area contributed by atoms with Crippen molar-refractivity contribution in [1.82, 2.24) is 0 Å². The van der Waals surface area contributed by atoms with Gasteiger partial charge in [0.25, 0.3) is 5.69 Å². The first kappa shape index (κ1) is 38.1. The zero-order chi connectivity index (χ0) is 32.4. The van der Waals surface area contributed by atoms with Crippen molar-refractivity contribution in [2.45, 2.75) is 149 Å². The van der Waals surface area contributed by atoms with Crippen LogP contribution in [0.5, 0.6) is 17.2 Å². The van der Waals surface area contributed by atoms with E-state index in [0.717, 1.165) is 29.9 Å². The SMILES string of the molecule is CCCCCCCCCCCCOc1cc(COc2ccc([N+](=O)[O-])c(C=O)c2)cc(OCCCCCCCCCCCC)c1. The number of rotatable bonds is 29. The van der Waals surface area contributed by atoms with E-state index < -0.39 is 4.92 Å². The summed E-state index contributed by atoms with van der Waals surface area (Å²) in [6.45, 7) is 6.05. The topological polar surface area (TPSA) is 87.9 Å². The van der Waals surface area contributed by atoms with Crippen LogP contribution in [0.1, 0.15) is 158 Å². The Morgan fingerprint density at radius 1 is 0.578 bits per heavy atom. The second kappa shape index (κ2) is 25.1. The number of nitrogens with zero attached hydrogens (tertiary/aromatic N) is 1. The molecule has 0 aromatic heterocycles. The highest BCUT2D eigenvalue weighted by molar-refractivity contribution is 5.82. The molecule has 0 saturated heterocycles. The molecule has 0 heterocycles. The third-order valence-electron chi connectivity index (χ3n) is 8.20. The van der Waals surface area contributed by atoms with Crippen LogP contribution in [0.4, 0.5) is 5.69 Å². The summed E-state index contributed by atoms with van der Waals surface area (Å²) in [6.07, 6.45) is 26.1. The number of benzene rings is 2. The molecule has 2 rings (SSSR count). The van der Waals surface area contributed by atoms with Gasteiger partial charge >= 0.3 is 0 Å². The summed E-state index contributed by atoms with van der Waals surface area (Å²) in [5, 5.41) is 11.2. The van der Waals surface area contributed by atoms with E-state index in [9.17, 15) is 14.9 Å². The molecule has 45 heavy (non-hydrogen) atoms. The maximum atomic E-state index is 11.3. The minimum absolute atomic E-state index is 0.00778. The molecule has 0 saturated carbocycles. The molecule has 0 aliphatic rings. The van der Waals surface area contributed by atoms with Crippen LogP contribution in [0.3, 0.4) is 0 Å². The van der Waals surface area contributed by atoms with E-state index in [0.29, 0.717) is 25.2 Å². The molecule has 0 N–H and O–H groups in total. The van der Waals surface area contributed by atoms with Gasteiger partial charge in [-0.15, -0.1) is 0 Å². The molecule has 7 nitrogen and oxygen atoms in total. The second-order valence-electron chi connectivity index (χ2n) is 12.3. The first-order valence-electron chi connectivity index (χ1n) is 17.8. The molecule has 2 aromatic carbocycles. The van der Waals surface area contributed by atoms with Crippen LogP contribution in [-0.4, -0.2) is 24.4 Å². The number of hydrogen-bond acceptors (Lipinski definition) is 6. The van der Waals surface area contributed by atoms with Crippen LogP contribution in [0.15, 0.2) is 36.4 Å². The molecule has 0 spiro atoms.